The summed E-state index contributed by atoms with van der Waals surface area (Å²) in [5.41, 5.74) is 3.22. The minimum absolute atomic E-state index is 0.105. The van der Waals surface area contributed by atoms with E-state index in [4.69, 9.17) is 4.74 Å². The molecule has 122 valence electrons. The number of ether oxygens (including phenoxy) is 1. The molecule has 23 heavy (non-hydrogen) atoms. The number of hydrogen-bond donors (Lipinski definition) is 0. The van der Waals surface area contributed by atoms with Crippen molar-refractivity contribution < 1.29 is 9.53 Å². The number of thiophene rings is 1. The first kappa shape index (κ1) is 14.9. The molecule has 2 aromatic heterocycles. The van der Waals surface area contributed by atoms with E-state index in [-0.39, 0.29) is 11.8 Å². The van der Waals surface area contributed by atoms with E-state index in [1.807, 2.05) is 27.9 Å². The Morgan fingerprint density at radius 3 is 3.04 bits per heavy atom. The summed E-state index contributed by atoms with van der Waals surface area (Å²) in [6.07, 6.45) is 4.56. The van der Waals surface area contributed by atoms with Crippen LogP contribution in [0.3, 0.4) is 0 Å². The lowest BCUT2D eigenvalue weighted by atomic mass is 9.96. The highest BCUT2D eigenvalue weighted by atomic mass is 32.1. The Balaban J connectivity index is 1.60. The molecule has 0 radical (unpaired) electrons. The molecule has 1 aliphatic carbocycles. The van der Waals surface area contributed by atoms with Crippen molar-refractivity contribution in [2.24, 2.45) is 5.92 Å². The molecule has 5 nitrogen and oxygen atoms in total. The zero-order valence-corrected chi connectivity index (χ0v) is 14.1. The molecule has 2 aliphatic rings. The van der Waals surface area contributed by atoms with E-state index in [9.17, 15) is 4.79 Å². The molecule has 0 saturated heterocycles. The third-order valence-electron chi connectivity index (χ3n) is 4.70. The maximum absolute atomic E-state index is 12.7. The summed E-state index contributed by atoms with van der Waals surface area (Å²) in [5.74, 6) is 1.09. The molecular formula is C17H21N3O2S. The number of hydrogen-bond acceptors (Lipinski definition) is 4. The first-order valence-electron chi connectivity index (χ1n) is 8.11. The number of amides is 1. The van der Waals surface area contributed by atoms with Crippen molar-refractivity contribution in [3.63, 3.8) is 0 Å². The second kappa shape index (κ2) is 6.09. The number of fused-ring (bicyclic) bond motifs is 1. The molecule has 0 spiro atoms. The predicted octanol–water partition coefficient (Wildman–Crippen LogP) is 2.74. The Morgan fingerprint density at radius 2 is 2.35 bits per heavy atom. The fourth-order valence-electron chi connectivity index (χ4n) is 3.40. The summed E-state index contributed by atoms with van der Waals surface area (Å²) in [7, 11) is 1.72. The van der Waals surface area contributed by atoms with Crippen LogP contribution in [0.5, 0.6) is 0 Å². The van der Waals surface area contributed by atoms with E-state index in [1.165, 1.54) is 24.1 Å². The molecule has 6 heteroatoms. The Hall–Kier alpha value is -1.66. The molecule has 0 unspecified atom stereocenters. The highest BCUT2D eigenvalue weighted by Crippen LogP contribution is 2.34. The van der Waals surface area contributed by atoms with E-state index in [0.717, 1.165) is 18.0 Å². The van der Waals surface area contributed by atoms with Gasteiger partial charge in [-0.25, -0.2) is 0 Å². The molecule has 0 bridgehead atoms. The van der Waals surface area contributed by atoms with Crippen LogP contribution in [0.15, 0.2) is 23.0 Å². The van der Waals surface area contributed by atoms with Gasteiger partial charge in [-0.05, 0) is 30.2 Å². The van der Waals surface area contributed by atoms with Crippen molar-refractivity contribution in [2.75, 3.05) is 20.3 Å². The van der Waals surface area contributed by atoms with Gasteiger partial charge in [-0.3, -0.25) is 9.48 Å². The van der Waals surface area contributed by atoms with Crippen molar-refractivity contribution in [1.29, 1.82) is 0 Å². The molecule has 2 aromatic rings. The highest BCUT2D eigenvalue weighted by molar-refractivity contribution is 7.08. The van der Waals surface area contributed by atoms with Gasteiger partial charge in [-0.15, -0.1) is 0 Å². The number of nitrogens with zero attached hydrogens (tertiary/aromatic N) is 3. The van der Waals surface area contributed by atoms with Crippen LogP contribution >= 0.6 is 11.3 Å². The van der Waals surface area contributed by atoms with Gasteiger partial charge in [-0.2, -0.15) is 16.4 Å². The standard InChI is InChI=1S/C17H21N3O2S/c1-22-10-15-9-19(17(21)13-4-5-23-11-13)8-14-6-18-20(16(14)15)7-12-2-3-12/h4-6,11-12,15H,2-3,7-10H2,1H3/t15-/m0/s1. The van der Waals surface area contributed by atoms with Crippen LogP contribution in [0.25, 0.3) is 0 Å². The third kappa shape index (κ3) is 2.93. The van der Waals surface area contributed by atoms with Gasteiger partial charge in [0, 0.05) is 43.6 Å². The zero-order chi connectivity index (χ0) is 15.8. The Kier molecular flexibility index (Phi) is 3.95. The molecule has 4 rings (SSSR count). The van der Waals surface area contributed by atoms with Crippen LogP contribution in [-0.4, -0.2) is 40.8 Å². The largest absolute Gasteiger partial charge is 0.384 e. The molecule has 1 saturated carbocycles. The molecule has 1 amide bonds. The van der Waals surface area contributed by atoms with Crippen LogP contribution < -0.4 is 0 Å². The number of rotatable bonds is 5. The molecule has 1 aliphatic heterocycles. The van der Waals surface area contributed by atoms with Gasteiger partial charge in [0.15, 0.2) is 0 Å². The van der Waals surface area contributed by atoms with Crippen molar-refractivity contribution in [2.45, 2.75) is 31.8 Å². The van der Waals surface area contributed by atoms with Gasteiger partial charge in [0.05, 0.1) is 24.1 Å². The molecule has 1 fully saturated rings. The van der Waals surface area contributed by atoms with Gasteiger partial charge in [0.25, 0.3) is 5.91 Å². The Bertz CT molecular complexity index is 691. The lowest BCUT2D eigenvalue weighted by molar-refractivity contribution is 0.0675. The molecular weight excluding hydrogens is 310 g/mol. The van der Waals surface area contributed by atoms with E-state index in [0.29, 0.717) is 19.7 Å². The maximum atomic E-state index is 12.7. The smallest absolute Gasteiger partial charge is 0.255 e. The minimum atomic E-state index is 0.105. The molecule has 0 N–H and O–H groups in total. The van der Waals surface area contributed by atoms with Gasteiger partial charge in [0.1, 0.15) is 0 Å². The quantitative estimate of drug-likeness (QED) is 0.846. The second-order valence-electron chi connectivity index (χ2n) is 6.53. The van der Waals surface area contributed by atoms with Gasteiger partial charge in [-0.1, -0.05) is 0 Å². The van der Waals surface area contributed by atoms with E-state index < -0.39 is 0 Å². The number of carbonyl (C=O) groups is 1. The lowest BCUT2D eigenvalue weighted by Crippen LogP contribution is -2.40. The monoisotopic (exact) mass is 331 g/mol. The molecule has 1 atom stereocenters. The molecule has 0 aromatic carbocycles. The van der Waals surface area contributed by atoms with Crippen LogP contribution in [0, 0.1) is 5.92 Å². The van der Waals surface area contributed by atoms with Crippen LogP contribution in [0.4, 0.5) is 0 Å². The Labute approximate surface area is 139 Å². The van der Waals surface area contributed by atoms with Gasteiger partial charge >= 0.3 is 0 Å². The number of carbonyl (C=O) groups excluding carboxylic acids is 1. The van der Waals surface area contributed by atoms with E-state index in [1.54, 1.807) is 18.4 Å². The van der Waals surface area contributed by atoms with Crippen molar-refractivity contribution in [1.82, 2.24) is 14.7 Å². The number of methoxy groups -OCH3 is 1. The fourth-order valence-corrected chi connectivity index (χ4v) is 4.03. The topological polar surface area (TPSA) is 47.4 Å². The van der Waals surface area contributed by atoms with E-state index in [2.05, 4.69) is 9.78 Å². The summed E-state index contributed by atoms with van der Waals surface area (Å²) in [6, 6.07) is 1.89. The Morgan fingerprint density at radius 1 is 1.48 bits per heavy atom. The minimum Gasteiger partial charge on any atom is -0.384 e. The summed E-state index contributed by atoms with van der Waals surface area (Å²) >= 11 is 1.56. The van der Waals surface area contributed by atoms with Crippen LogP contribution in [0.2, 0.25) is 0 Å². The van der Waals surface area contributed by atoms with Crippen molar-refractivity contribution in [3.8, 4) is 0 Å². The summed E-state index contributed by atoms with van der Waals surface area (Å²) in [5, 5.41) is 8.46. The maximum Gasteiger partial charge on any atom is 0.255 e. The average molecular weight is 331 g/mol. The molecule has 3 heterocycles. The normalized spacial score (nSPS) is 20.6. The van der Waals surface area contributed by atoms with E-state index >= 15 is 0 Å². The summed E-state index contributed by atoms with van der Waals surface area (Å²) < 4.78 is 7.58. The van der Waals surface area contributed by atoms with Crippen molar-refractivity contribution >= 4 is 17.2 Å². The summed E-state index contributed by atoms with van der Waals surface area (Å²) in [4.78, 5) is 14.6. The van der Waals surface area contributed by atoms with Crippen LogP contribution in [0.1, 0.15) is 40.4 Å². The fraction of sp³-hybridized carbons (Fsp3) is 0.529. The first-order valence-corrected chi connectivity index (χ1v) is 9.05. The highest BCUT2D eigenvalue weighted by Gasteiger charge is 2.33. The van der Waals surface area contributed by atoms with Crippen molar-refractivity contribution in [3.05, 3.63) is 39.8 Å². The third-order valence-corrected chi connectivity index (χ3v) is 5.38. The van der Waals surface area contributed by atoms with Gasteiger partial charge in [0.2, 0.25) is 0 Å². The zero-order valence-electron chi connectivity index (χ0n) is 13.3. The SMILES string of the molecule is COC[C@@H]1CN(C(=O)c2ccsc2)Cc2cnn(CC3CC3)c21. The first-order chi connectivity index (χ1) is 11.3. The van der Waals surface area contributed by atoms with Gasteiger partial charge < -0.3 is 9.64 Å². The predicted molar refractivity (Wildman–Crippen MR) is 88.6 cm³/mol. The lowest BCUT2D eigenvalue weighted by Gasteiger charge is -2.33. The summed E-state index contributed by atoms with van der Waals surface area (Å²) in [6.45, 7) is 2.98. The average Bonchev–Trinajstić information content (AvgIpc) is 3.04. The second-order valence-corrected chi connectivity index (χ2v) is 7.31. The number of aromatic nitrogens is 2. The van der Waals surface area contributed by atoms with Crippen LogP contribution in [-0.2, 0) is 17.8 Å².